The minimum absolute atomic E-state index is 0.184. The predicted octanol–water partition coefficient (Wildman–Crippen LogP) is 4.60. The molecule has 0 aliphatic carbocycles. The van der Waals surface area contributed by atoms with Crippen molar-refractivity contribution >= 4 is 27.7 Å². The van der Waals surface area contributed by atoms with Gasteiger partial charge in [-0.3, -0.25) is 4.79 Å². The third-order valence-electron chi connectivity index (χ3n) is 6.00. The van der Waals surface area contributed by atoms with Crippen molar-refractivity contribution < 1.29 is 27.8 Å². The third-order valence-corrected chi connectivity index (χ3v) is 6.00. The van der Waals surface area contributed by atoms with E-state index in [0.29, 0.717) is 11.3 Å². The number of halogens is 3. The first kappa shape index (κ1) is 21.5. The molecule has 5 nitrogen and oxygen atoms in total. The van der Waals surface area contributed by atoms with Crippen LogP contribution in [0.25, 0.3) is 27.5 Å². The van der Waals surface area contributed by atoms with Crippen LogP contribution < -0.4 is 5.32 Å². The number of aromatic nitrogens is 1. The minimum atomic E-state index is -4.41. The number of rotatable bonds is 3. The zero-order valence-electron chi connectivity index (χ0n) is 17.7. The topological polar surface area (TPSA) is 63.5 Å². The summed E-state index contributed by atoms with van der Waals surface area (Å²) in [5.41, 5.74) is 2.93. The van der Waals surface area contributed by atoms with Gasteiger partial charge in [-0.1, -0.05) is 11.6 Å². The van der Waals surface area contributed by atoms with Crippen molar-refractivity contribution in [1.29, 1.82) is 0 Å². The normalized spacial score (nSPS) is 18.8. The van der Waals surface area contributed by atoms with E-state index in [1.54, 1.807) is 18.2 Å². The van der Waals surface area contributed by atoms with E-state index in [0.717, 1.165) is 39.5 Å². The molecule has 4 aromatic rings. The summed E-state index contributed by atoms with van der Waals surface area (Å²) in [4.78, 5) is 12.8. The number of nitrogens with zero attached hydrogens (tertiary/aromatic N) is 1. The Kier molecular flexibility index (Phi) is 5.14. The van der Waals surface area contributed by atoms with E-state index in [4.69, 9.17) is 4.74 Å². The van der Waals surface area contributed by atoms with Crippen molar-refractivity contribution in [2.75, 3.05) is 13.2 Å². The zero-order chi connectivity index (χ0) is 23.3. The van der Waals surface area contributed by atoms with Gasteiger partial charge < -0.3 is 19.7 Å². The SMILES string of the molecule is Cc1ccc2c(c1)c1cc(C(=O)N[C@H]3COC[C@@H]3O)ccc1n2-c1ccc(C(F)(F)F)cc1. The number of ether oxygens (including phenoxy) is 1. The van der Waals surface area contributed by atoms with Crippen LogP contribution in [0.1, 0.15) is 21.5 Å². The quantitative estimate of drug-likeness (QED) is 0.476. The molecule has 0 bridgehead atoms. The molecule has 1 saturated heterocycles. The molecule has 1 aliphatic rings. The van der Waals surface area contributed by atoms with Crippen molar-refractivity contribution in [3.8, 4) is 5.69 Å². The predicted molar refractivity (Wildman–Crippen MR) is 119 cm³/mol. The van der Waals surface area contributed by atoms with Crippen LogP contribution in [-0.2, 0) is 10.9 Å². The number of aryl methyl sites for hydroxylation is 1. The Labute approximate surface area is 187 Å². The standard InChI is InChI=1S/C25H21F3N2O3/c1-14-2-8-21-18(10-14)19-11-15(24(32)29-20-12-33-13-23(20)31)3-9-22(19)30(21)17-6-4-16(5-7-17)25(26,27)28/h2-11,20,23,31H,12-13H2,1H3,(H,29,32)/t20-,23-/m0/s1. The molecule has 1 amide bonds. The Morgan fingerprint density at radius 3 is 2.30 bits per heavy atom. The summed E-state index contributed by atoms with van der Waals surface area (Å²) < 4.78 is 46.2. The number of alkyl halides is 3. The highest BCUT2D eigenvalue weighted by Gasteiger charge is 2.30. The van der Waals surface area contributed by atoms with E-state index in [1.807, 2.05) is 29.7 Å². The molecule has 170 valence electrons. The smallest absolute Gasteiger partial charge is 0.388 e. The van der Waals surface area contributed by atoms with Gasteiger partial charge in [0.1, 0.15) is 0 Å². The monoisotopic (exact) mass is 454 g/mol. The van der Waals surface area contributed by atoms with E-state index >= 15 is 0 Å². The van der Waals surface area contributed by atoms with Crippen LogP contribution in [0.3, 0.4) is 0 Å². The van der Waals surface area contributed by atoms with Gasteiger partial charge >= 0.3 is 6.18 Å². The van der Waals surface area contributed by atoms with Crippen molar-refractivity contribution in [3.63, 3.8) is 0 Å². The largest absolute Gasteiger partial charge is 0.416 e. The lowest BCUT2D eigenvalue weighted by Gasteiger charge is -2.14. The summed E-state index contributed by atoms with van der Waals surface area (Å²) >= 11 is 0. The summed E-state index contributed by atoms with van der Waals surface area (Å²) in [5, 5.41) is 14.4. The Hall–Kier alpha value is -3.36. The lowest BCUT2D eigenvalue weighted by Crippen LogP contribution is -2.42. The van der Waals surface area contributed by atoms with Gasteiger partial charge in [0, 0.05) is 22.0 Å². The van der Waals surface area contributed by atoms with Gasteiger partial charge in [0.25, 0.3) is 5.91 Å². The highest BCUT2D eigenvalue weighted by Crippen LogP contribution is 2.35. The van der Waals surface area contributed by atoms with Gasteiger partial charge in [0.05, 0.1) is 42.0 Å². The number of carbonyl (C=O) groups excluding carboxylic acids is 1. The summed E-state index contributed by atoms with van der Waals surface area (Å²) in [6.45, 7) is 2.39. The number of carbonyl (C=O) groups is 1. The molecule has 0 spiro atoms. The molecule has 1 aliphatic heterocycles. The molecule has 33 heavy (non-hydrogen) atoms. The molecule has 2 heterocycles. The molecule has 8 heteroatoms. The zero-order valence-corrected chi connectivity index (χ0v) is 17.7. The summed E-state index contributed by atoms with van der Waals surface area (Å²) in [5.74, 6) is -0.325. The average molecular weight is 454 g/mol. The lowest BCUT2D eigenvalue weighted by molar-refractivity contribution is -0.137. The first-order valence-corrected chi connectivity index (χ1v) is 10.5. The molecular formula is C25H21F3N2O3. The maximum absolute atomic E-state index is 13.0. The van der Waals surface area contributed by atoms with Gasteiger partial charge in [-0.15, -0.1) is 0 Å². The number of hydrogen-bond acceptors (Lipinski definition) is 3. The Balaban J connectivity index is 1.62. The third kappa shape index (κ3) is 3.85. The fraction of sp³-hybridized carbons (Fsp3) is 0.240. The Morgan fingerprint density at radius 1 is 1.00 bits per heavy atom. The second-order valence-electron chi connectivity index (χ2n) is 8.32. The molecule has 0 saturated carbocycles. The van der Waals surface area contributed by atoms with Crippen molar-refractivity contribution in [2.24, 2.45) is 0 Å². The van der Waals surface area contributed by atoms with Crippen LogP contribution in [0.4, 0.5) is 13.2 Å². The van der Waals surface area contributed by atoms with Gasteiger partial charge in [-0.05, 0) is 61.5 Å². The second-order valence-corrected chi connectivity index (χ2v) is 8.32. The number of benzene rings is 3. The van der Waals surface area contributed by atoms with Crippen LogP contribution in [-0.4, -0.2) is 40.9 Å². The fourth-order valence-electron chi connectivity index (χ4n) is 4.29. The molecule has 5 rings (SSSR count). The molecule has 1 aromatic heterocycles. The molecule has 2 N–H and O–H groups in total. The minimum Gasteiger partial charge on any atom is -0.388 e. The summed E-state index contributed by atoms with van der Waals surface area (Å²) in [7, 11) is 0. The molecule has 1 fully saturated rings. The van der Waals surface area contributed by atoms with Gasteiger partial charge in [-0.25, -0.2) is 0 Å². The molecule has 3 aromatic carbocycles. The maximum atomic E-state index is 13.0. The van der Waals surface area contributed by atoms with Gasteiger partial charge in [-0.2, -0.15) is 13.2 Å². The number of hydrogen-bond donors (Lipinski definition) is 2. The van der Waals surface area contributed by atoms with E-state index in [9.17, 15) is 23.1 Å². The number of aliphatic hydroxyl groups excluding tert-OH is 1. The molecule has 0 unspecified atom stereocenters. The van der Waals surface area contributed by atoms with E-state index in [-0.39, 0.29) is 19.1 Å². The first-order chi connectivity index (χ1) is 15.7. The van der Waals surface area contributed by atoms with Crippen molar-refractivity contribution in [2.45, 2.75) is 25.2 Å². The highest BCUT2D eigenvalue weighted by atomic mass is 19.4. The fourth-order valence-corrected chi connectivity index (χ4v) is 4.29. The van der Waals surface area contributed by atoms with Crippen LogP contribution in [0.5, 0.6) is 0 Å². The first-order valence-electron chi connectivity index (χ1n) is 10.5. The number of fused-ring (bicyclic) bond motifs is 3. The van der Waals surface area contributed by atoms with Crippen LogP contribution >= 0.6 is 0 Å². The van der Waals surface area contributed by atoms with Crippen molar-refractivity contribution in [1.82, 2.24) is 9.88 Å². The number of aliphatic hydroxyl groups is 1. The van der Waals surface area contributed by atoms with Crippen LogP contribution in [0.15, 0.2) is 60.7 Å². The molecular weight excluding hydrogens is 433 g/mol. The second kappa shape index (κ2) is 7.90. The Morgan fingerprint density at radius 2 is 1.67 bits per heavy atom. The van der Waals surface area contributed by atoms with Gasteiger partial charge in [0.15, 0.2) is 0 Å². The molecule has 2 atom stereocenters. The Bertz CT molecular complexity index is 1360. The van der Waals surface area contributed by atoms with E-state index in [1.165, 1.54) is 12.1 Å². The van der Waals surface area contributed by atoms with Gasteiger partial charge in [0.2, 0.25) is 0 Å². The van der Waals surface area contributed by atoms with Crippen molar-refractivity contribution in [3.05, 3.63) is 77.4 Å². The highest BCUT2D eigenvalue weighted by molar-refractivity contribution is 6.11. The summed E-state index contributed by atoms with van der Waals surface area (Å²) in [6.07, 6.45) is -5.15. The van der Waals surface area contributed by atoms with E-state index in [2.05, 4.69) is 5.32 Å². The average Bonchev–Trinajstić information content (AvgIpc) is 3.33. The lowest BCUT2D eigenvalue weighted by atomic mass is 10.1. The van der Waals surface area contributed by atoms with E-state index < -0.39 is 23.9 Å². The number of nitrogens with one attached hydrogen (secondary N) is 1. The molecule has 0 radical (unpaired) electrons. The van der Waals surface area contributed by atoms with Crippen LogP contribution in [0, 0.1) is 6.92 Å². The van der Waals surface area contributed by atoms with Crippen LogP contribution in [0.2, 0.25) is 0 Å². The number of amides is 1. The summed E-state index contributed by atoms with van der Waals surface area (Å²) in [6, 6.07) is 15.7. The maximum Gasteiger partial charge on any atom is 0.416 e.